The van der Waals surface area contributed by atoms with E-state index in [0.29, 0.717) is 0 Å². The third-order valence-corrected chi connectivity index (χ3v) is 2.82. The highest BCUT2D eigenvalue weighted by molar-refractivity contribution is 4.96. The number of ether oxygens (including phenoxy) is 2. The van der Waals surface area contributed by atoms with Crippen LogP contribution in [0, 0.1) is 0 Å². The van der Waals surface area contributed by atoms with Gasteiger partial charge in [0.25, 0.3) is 0 Å². The van der Waals surface area contributed by atoms with Crippen molar-refractivity contribution in [2.75, 3.05) is 13.2 Å². The van der Waals surface area contributed by atoms with Crippen molar-refractivity contribution in [3.05, 3.63) is 11.6 Å². The van der Waals surface area contributed by atoms with E-state index in [1.807, 2.05) is 19.9 Å². The average Bonchev–Trinajstić information content (AvgIpc) is 2.34. The lowest BCUT2D eigenvalue weighted by atomic mass is 9.99. The Hall–Kier alpha value is -0.500. The second kappa shape index (κ2) is 6.44. The maximum absolute atomic E-state index is 9.65. The molecule has 1 heterocycles. The molecule has 0 aliphatic carbocycles. The molecule has 1 rings (SSSR count). The number of allylic oxidation sites excluding steroid dienone is 1. The zero-order chi connectivity index (χ0) is 13.0. The molecule has 4 N–H and O–H groups in total. The molecule has 0 aromatic carbocycles. The molecule has 5 atom stereocenters. The highest BCUT2D eigenvalue weighted by Gasteiger charge is 2.43. The molecule has 0 saturated carbocycles. The molecule has 1 unspecified atom stereocenters. The molecule has 6 nitrogen and oxygen atoms in total. The van der Waals surface area contributed by atoms with E-state index in [2.05, 4.69) is 0 Å². The van der Waals surface area contributed by atoms with Crippen LogP contribution in [-0.2, 0) is 9.47 Å². The molecular weight excluding hydrogens is 228 g/mol. The predicted molar refractivity (Wildman–Crippen MR) is 59.2 cm³/mol. The summed E-state index contributed by atoms with van der Waals surface area (Å²) >= 11 is 0. The summed E-state index contributed by atoms with van der Waals surface area (Å²) in [6.07, 6.45) is -4.21. The van der Waals surface area contributed by atoms with Gasteiger partial charge in [0.15, 0.2) is 6.29 Å². The molecule has 6 heteroatoms. The Morgan fingerprint density at radius 2 is 1.88 bits per heavy atom. The summed E-state index contributed by atoms with van der Waals surface area (Å²) in [7, 11) is 0. The molecule has 1 saturated heterocycles. The SMILES string of the molecule is CC=C(C)COC1O[C@H](CO)[C@@H](O)[C@H](O)[C@H]1O. The van der Waals surface area contributed by atoms with Gasteiger partial charge in [-0.1, -0.05) is 11.6 Å². The van der Waals surface area contributed by atoms with Gasteiger partial charge in [0.05, 0.1) is 13.2 Å². The number of hydrogen-bond donors (Lipinski definition) is 4. The predicted octanol–water partition coefficient (Wildman–Crippen LogP) is -1.23. The van der Waals surface area contributed by atoms with E-state index in [-0.39, 0.29) is 6.61 Å². The number of aliphatic hydroxyl groups excluding tert-OH is 4. The molecule has 1 fully saturated rings. The van der Waals surface area contributed by atoms with E-state index in [9.17, 15) is 15.3 Å². The minimum Gasteiger partial charge on any atom is -0.394 e. The summed E-state index contributed by atoms with van der Waals surface area (Å²) in [5.41, 5.74) is 0.946. The van der Waals surface area contributed by atoms with Crippen molar-refractivity contribution in [1.82, 2.24) is 0 Å². The van der Waals surface area contributed by atoms with E-state index >= 15 is 0 Å². The zero-order valence-electron chi connectivity index (χ0n) is 9.98. The second-order valence-electron chi connectivity index (χ2n) is 4.14. The van der Waals surface area contributed by atoms with Crippen molar-refractivity contribution in [2.24, 2.45) is 0 Å². The second-order valence-corrected chi connectivity index (χ2v) is 4.14. The van der Waals surface area contributed by atoms with Crippen LogP contribution in [0.5, 0.6) is 0 Å². The van der Waals surface area contributed by atoms with Crippen LogP contribution in [0.25, 0.3) is 0 Å². The van der Waals surface area contributed by atoms with Crippen LogP contribution in [0.1, 0.15) is 13.8 Å². The fraction of sp³-hybridized carbons (Fsp3) is 0.818. The van der Waals surface area contributed by atoms with Crippen LogP contribution in [0.3, 0.4) is 0 Å². The highest BCUT2D eigenvalue weighted by atomic mass is 16.7. The summed E-state index contributed by atoms with van der Waals surface area (Å²) in [6.45, 7) is 3.50. The maximum atomic E-state index is 9.65. The maximum Gasteiger partial charge on any atom is 0.187 e. The van der Waals surface area contributed by atoms with E-state index in [0.717, 1.165) is 5.57 Å². The molecule has 0 radical (unpaired) electrons. The first-order chi connectivity index (χ1) is 8.01. The first-order valence-electron chi connectivity index (χ1n) is 5.55. The molecule has 0 aromatic rings. The third kappa shape index (κ3) is 3.48. The van der Waals surface area contributed by atoms with E-state index in [1.165, 1.54) is 0 Å². The Kier molecular flexibility index (Phi) is 5.51. The van der Waals surface area contributed by atoms with Gasteiger partial charge in [-0.05, 0) is 13.8 Å². The molecular formula is C11H20O6. The van der Waals surface area contributed by atoms with E-state index < -0.39 is 37.3 Å². The van der Waals surface area contributed by atoms with Crippen molar-refractivity contribution in [2.45, 2.75) is 44.6 Å². The lowest BCUT2D eigenvalue weighted by Crippen LogP contribution is -2.59. The molecule has 0 aromatic heterocycles. The molecule has 0 spiro atoms. The van der Waals surface area contributed by atoms with Crippen molar-refractivity contribution >= 4 is 0 Å². The first kappa shape index (κ1) is 14.6. The van der Waals surface area contributed by atoms with Gasteiger partial charge in [0, 0.05) is 0 Å². The van der Waals surface area contributed by atoms with Crippen LogP contribution in [0.2, 0.25) is 0 Å². The molecule has 1 aliphatic heterocycles. The van der Waals surface area contributed by atoms with Crippen molar-refractivity contribution in [3.63, 3.8) is 0 Å². The van der Waals surface area contributed by atoms with Gasteiger partial charge in [0.2, 0.25) is 0 Å². The smallest absolute Gasteiger partial charge is 0.187 e. The van der Waals surface area contributed by atoms with Crippen LogP contribution in [0.15, 0.2) is 11.6 Å². The van der Waals surface area contributed by atoms with Gasteiger partial charge in [-0.15, -0.1) is 0 Å². The molecule has 0 bridgehead atoms. The summed E-state index contributed by atoms with van der Waals surface area (Å²) < 4.78 is 10.4. The Balaban J connectivity index is 2.59. The molecule has 100 valence electrons. The average molecular weight is 248 g/mol. The topological polar surface area (TPSA) is 99.4 Å². The van der Waals surface area contributed by atoms with Gasteiger partial charge < -0.3 is 29.9 Å². The molecule has 1 aliphatic rings. The van der Waals surface area contributed by atoms with Crippen molar-refractivity contribution in [3.8, 4) is 0 Å². The van der Waals surface area contributed by atoms with E-state index in [4.69, 9.17) is 14.6 Å². The lowest BCUT2D eigenvalue weighted by molar-refractivity contribution is -0.299. The van der Waals surface area contributed by atoms with Gasteiger partial charge >= 0.3 is 0 Å². The van der Waals surface area contributed by atoms with Crippen molar-refractivity contribution in [1.29, 1.82) is 0 Å². The van der Waals surface area contributed by atoms with Gasteiger partial charge in [-0.3, -0.25) is 0 Å². The minimum absolute atomic E-state index is 0.249. The number of rotatable bonds is 4. The van der Waals surface area contributed by atoms with Crippen LogP contribution in [-0.4, -0.2) is 64.3 Å². The Bertz CT molecular complexity index is 265. The summed E-state index contributed by atoms with van der Waals surface area (Å²) in [5.74, 6) is 0. The summed E-state index contributed by atoms with van der Waals surface area (Å²) in [5, 5.41) is 37.6. The lowest BCUT2D eigenvalue weighted by Gasteiger charge is -2.39. The quantitative estimate of drug-likeness (QED) is 0.465. The largest absolute Gasteiger partial charge is 0.394 e. The fourth-order valence-corrected chi connectivity index (χ4v) is 1.50. The minimum atomic E-state index is -1.39. The monoisotopic (exact) mass is 248 g/mol. The van der Waals surface area contributed by atoms with Crippen LogP contribution in [0.4, 0.5) is 0 Å². The summed E-state index contributed by atoms with van der Waals surface area (Å²) in [4.78, 5) is 0. The number of hydrogen-bond acceptors (Lipinski definition) is 6. The Morgan fingerprint density at radius 3 is 2.41 bits per heavy atom. The van der Waals surface area contributed by atoms with Gasteiger partial charge in [-0.2, -0.15) is 0 Å². The molecule has 0 amide bonds. The Morgan fingerprint density at radius 1 is 1.24 bits per heavy atom. The normalized spacial score (nSPS) is 39.4. The standard InChI is InChI=1S/C11H20O6/c1-3-6(2)5-16-11-10(15)9(14)8(13)7(4-12)17-11/h3,7-15H,4-5H2,1-2H3/t7-,8-,9+,10-,11?/m1/s1. The van der Waals surface area contributed by atoms with Gasteiger partial charge in [-0.25, -0.2) is 0 Å². The third-order valence-electron chi connectivity index (χ3n) is 2.82. The van der Waals surface area contributed by atoms with Crippen molar-refractivity contribution < 1.29 is 29.9 Å². The summed E-state index contributed by atoms with van der Waals surface area (Å²) in [6, 6.07) is 0. The molecule has 17 heavy (non-hydrogen) atoms. The Labute approximate surface area is 100 Å². The highest BCUT2D eigenvalue weighted by Crippen LogP contribution is 2.22. The zero-order valence-corrected chi connectivity index (χ0v) is 9.98. The first-order valence-corrected chi connectivity index (χ1v) is 5.55. The van der Waals surface area contributed by atoms with Crippen LogP contribution >= 0.6 is 0 Å². The number of aliphatic hydroxyl groups is 4. The fourth-order valence-electron chi connectivity index (χ4n) is 1.50. The van der Waals surface area contributed by atoms with Gasteiger partial charge in [0.1, 0.15) is 24.4 Å². The van der Waals surface area contributed by atoms with E-state index in [1.54, 1.807) is 0 Å². The van der Waals surface area contributed by atoms with Crippen LogP contribution < -0.4 is 0 Å².